The first kappa shape index (κ1) is 19.2. The summed E-state index contributed by atoms with van der Waals surface area (Å²) >= 11 is 0. The number of imidazole rings is 1. The summed E-state index contributed by atoms with van der Waals surface area (Å²) < 4.78 is 2.93. The van der Waals surface area contributed by atoms with Crippen LogP contribution in [0, 0.1) is 6.92 Å². The molecule has 28 heavy (non-hydrogen) atoms. The van der Waals surface area contributed by atoms with Crippen molar-refractivity contribution in [2.24, 2.45) is 0 Å². The number of likely N-dealkylation sites (N-methyl/N-ethyl adjacent to an activating group) is 1. The van der Waals surface area contributed by atoms with E-state index < -0.39 is 11.2 Å². The van der Waals surface area contributed by atoms with Crippen molar-refractivity contribution in [1.29, 1.82) is 0 Å². The van der Waals surface area contributed by atoms with E-state index in [1.54, 1.807) is 30.8 Å². The summed E-state index contributed by atoms with van der Waals surface area (Å²) in [6.07, 6.45) is 3.28. The van der Waals surface area contributed by atoms with Gasteiger partial charge in [0.2, 0.25) is 5.91 Å². The molecular weight excluding hydrogens is 360 g/mol. The second-order valence-electron chi connectivity index (χ2n) is 6.31. The Morgan fingerprint density at radius 1 is 1.25 bits per heavy atom. The zero-order valence-corrected chi connectivity index (χ0v) is 15.8. The van der Waals surface area contributed by atoms with Crippen LogP contribution in [-0.2, 0) is 17.9 Å². The van der Waals surface area contributed by atoms with Crippen molar-refractivity contribution < 1.29 is 4.79 Å². The number of nitrogens with one attached hydrogen (secondary N) is 1. The van der Waals surface area contributed by atoms with E-state index in [-0.39, 0.29) is 37.0 Å². The Kier molecular flexibility index (Phi) is 5.44. The number of hydrogen-bond donors (Lipinski definition) is 2. The van der Waals surface area contributed by atoms with Gasteiger partial charge in [0.15, 0.2) is 5.69 Å². The first-order valence-corrected chi connectivity index (χ1v) is 8.87. The van der Waals surface area contributed by atoms with E-state index in [2.05, 4.69) is 9.97 Å². The zero-order chi connectivity index (χ0) is 20.3. The standard InChI is InChI=1S/C19H22N6O3/c1-3-24(15(26)12-23-10-9-21-13(23)2)16-17(20)25(19(28)22-18(16)27)11-14-7-5-4-6-8-14/h4-10H,3,11-12,20H2,1-2H3,(H,22,27,28). The highest BCUT2D eigenvalue weighted by Crippen LogP contribution is 2.18. The number of hydrogen-bond acceptors (Lipinski definition) is 5. The molecule has 0 saturated heterocycles. The Labute approximate surface area is 161 Å². The van der Waals surface area contributed by atoms with Gasteiger partial charge in [0.1, 0.15) is 18.2 Å². The summed E-state index contributed by atoms with van der Waals surface area (Å²) in [7, 11) is 0. The molecule has 9 nitrogen and oxygen atoms in total. The number of H-pyrrole nitrogens is 1. The van der Waals surface area contributed by atoms with E-state index in [0.29, 0.717) is 5.82 Å². The van der Waals surface area contributed by atoms with E-state index in [1.165, 1.54) is 9.47 Å². The minimum absolute atomic E-state index is 0.0103. The summed E-state index contributed by atoms with van der Waals surface area (Å²) in [5.74, 6) is 0.307. The first-order chi connectivity index (χ1) is 13.4. The van der Waals surface area contributed by atoms with Gasteiger partial charge < -0.3 is 15.2 Å². The third-order valence-corrected chi connectivity index (χ3v) is 4.51. The molecule has 0 aliphatic carbocycles. The smallest absolute Gasteiger partial charge is 0.330 e. The number of carbonyl (C=O) groups is 1. The lowest BCUT2D eigenvalue weighted by Gasteiger charge is -2.23. The maximum Gasteiger partial charge on any atom is 0.330 e. The molecule has 0 radical (unpaired) electrons. The maximum absolute atomic E-state index is 12.8. The molecule has 3 aromatic rings. The number of aryl methyl sites for hydroxylation is 1. The number of aromatic nitrogens is 4. The minimum atomic E-state index is -0.690. The monoisotopic (exact) mass is 382 g/mol. The van der Waals surface area contributed by atoms with Crippen molar-refractivity contribution in [3.63, 3.8) is 0 Å². The number of benzene rings is 1. The lowest BCUT2D eigenvalue weighted by Crippen LogP contribution is -2.42. The lowest BCUT2D eigenvalue weighted by molar-refractivity contribution is -0.119. The van der Waals surface area contributed by atoms with Gasteiger partial charge in [-0.25, -0.2) is 9.78 Å². The number of carbonyl (C=O) groups excluding carboxylic acids is 1. The molecule has 146 valence electrons. The molecule has 2 aromatic heterocycles. The van der Waals surface area contributed by atoms with Gasteiger partial charge in [-0.2, -0.15) is 0 Å². The van der Waals surface area contributed by atoms with Gasteiger partial charge in [0.05, 0.1) is 6.54 Å². The van der Waals surface area contributed by atoms with Crippen LogP contribution in [0.3, 0.4) is 0 Å². The summed E-state index contributed by atoms with van der Waals surface area (Å²) in [6.45, 7) is 3.94. The molecule has 0 aliphatic rings. The number of amides is 1. The zero-order valence-electron chi connectivity index (χ0n) is 15.8. The van der Waals surface area contributed by atoms with Crippen LogP contribution in [0.1, 0.15) is 18.3 Å². The second kappa shape index (κ2) is 7.95. The van der Waals surface area contributed by atoms with Crippen molar-refractivity contribution >= 4 is 17.4 Å². The molecule has 0 spiro atoms. The summed E-state index contributed by atoms with van der Waals surface area (Å²) in [5.41, 5.74) is 5.69. The number of nitrogens with two attached hydrogens (primary N) is 1. The van der Waals surface area contributed by atoms with E-state index in [0.717, 1.165) is 5.56 Å². The average molecular weight is 382 g/mol. The third-order valence-electron chi connectivity index (χ3n) is 4.51. The summed E-state index contributed by atoms with van der Waals surface area (Å²) in [6, 6.07) is 9.25. The van der Waals surface area contributed by atoms with Crippen LogP contribution in [0.5, 0.6) is 0 Å². The maximum atomic E-state index is 12.8. The fraction of sp³-hybridized carbons (Fsp3) is 0.263. The number of rotatable bonds is 6. The third kappa shape index (κ3) is 3.73. The van der Waals surface area contributed by atoms with Gasteiger partial charge in [0.25, 0.3) is 5.56 Å². The van der Waals surface area contributed by atoms with Crippen LogP contribution in [-0.4, -0.2) is 31.6 Å². The fourth-order valence-electron chi connectivity index (χ4n) is 3.02. The Morgan fingerprint density at radius 2 is 1.96 bits per heavy atom. The molecule has 3 rings (SSSR count). The predicted molar refractivity (Wildman–Crippen MR) is 106 cm³/mol. The molecule has 1 amide bonds. The van der Waals surface area contributed by atoms with Crippen molar-refractivity contribution in [1.82, 2.24) is 19.1 Å². The van der Waals surface area contributed by atoms with Gasteiger partial charge in [0, 0.05) is 18.9 Å². The quantitative estimate of drug-likeness (QED) is 0.651. The highest BCUT2D eigenvalue weighted by atomic mass is 16.2. The SMILES string of the molecule is CCN(C(=O)Cn1ccnc1C)c1c(N)n(Cc2ccccc2)c(=O)[nH]c1=O. The van der Waals surface area contributed by atoms with Crippen LogP contribution in [0.4, 0.5) is 11.5 Å². The molecule has 2 heterocycles. The van der Waals surface area contributed by atoms with Gasteiger partial charge in [-0.15, -0.1) is 0 Å². The first-order valence-electron chi connectivity index (χ1n) is 8.87. The van der Waals surface area contributed by atoms with Crippen LogP contribution in [0.15, 0.2) is 52.3 Å². The van der Waals surface area contributed by atoms with Crippen LogP contribution >= 0.6 is 0 Å². The van der Waals surface area contributed by atoms with Crippen LogP contribution < -0.4 is 21.9 Å². The summed E-state index contributed by atoms with van der Waals surface area (Å²) in [5, 5.41) is 0. The largest absolute Gasteiger partial charge is 0.383 e. The van der Waals surface area contributed by atoms with Gasteiger partial charge in [-0.3, -0.25) is 19.1 Å². The van der Waals surface area contributed by atoms with E-state index in [1.807, 2.05) is 30.3 Å². The van der Waals surface area contributed by atoms with E-state index >= 15 is 0 Å². The average Bonchev–Trinajstić information content (AvgIpc) is 3.07. The second-order valence-corrected chi connectivity index (χ2v) is 6.31. The molecule has 0 atom stereocenters. The van der Waals surface area contributed by atoms with E-state index in [4.69, 9.17) is 5.73 Å². The van der Waals surface area contributed by atoms with Crippen molar-refractivity contribution in [2.45, 2.75) is 26.9 Å². The Bertz CT molecular complexity index is 1100. The minimum Gasteiger partial charge on any atom is -0.383 e. The molecule has 1 aromatic carbocycles. The fourth-order valence-corrected chi connectivity index (χ4v) is 3.02. The molecular formula is C19H22N6O3. The molecule has 9 heteroatoms. The number of aromatic amines is 1. The van der Waals surface area contributed by atoms with Gasteiger partial charge in [-0.1, -0.05) is 30.3 Å². The molecule has 0 bridgehead atoms. The van der Waals surface area contributed by atoms with Gasteiger partial charge in [-0.05, 0) is 19.4 Å². The number of nitrogens with zero attached hydrogens (tertiary/aromatic N) is 4. The van der Waals surface area contributed by atoms with Crippen molar-refractivity contribution in [3.8, 4) is 0 Å². The van der Waals surface area contributed by atoms with Crippen LogP contribution in [0.2, 0.25) is 0 Å². The molecule has 0 saturated carbocycles. The highest BCUT2D eigenvalue weighted by Gasteiger charge is 2.23. The summed E-state index contributed by atoms with van der Waals surface area (Å²) in [4.78, 5) is 45.3. The Morgan fingerprint density at radius 3 is 2.57 bits per heavy atom. The number of anilines is 2. The number of nitrogen functional groups attached to an aromatic ring is 1. The normalized spacial score (nSPS) is 10.8. The van der Waals surface area contributed by atoms with Crippen molar-refractivity contribution in [3.05, 3.63) is 75.0 Å². The molecule has 3 N–H and O–H groups in total. The predicted octanol–water partition coefficient (Wildman–Crippen LogP) is 0.725. The topological polar surface area (TPSA) is 119 Å². The van der Waals surface area contributed by atoms with Crippen LogP contribution in [0.25, 0.3) is 0 Å². The molecule has 0 aliphatic heterocycles. The Balaban J connectivity index is 2.00. The van der Waals surface area contributed by atoms with Gasteiger partial charge >= 0.3 is 5.69 Å². The molecule has 0 unspecified atom stereocenters. The lowest BCUT2D eigenvalue weighted by atomic mass is 10.2. The Hall–Kier alpha value is -3.62. The van der Waals surface area contributed by atoms with E-state index in [9.17, 15) is 14.4 Å². The van der Waals surface area contributed by atoms with Crippen molar-refractivity contribution in [2.75, 3.05) is 17.2 Å². The molecule has 0 fully saturated rings. The highest BCUT2D eigenvalue weighted by molar-refractivity contribution is 5.95.